The van der Waals surface area contributed by atoms with Crippen LogP contribution in [-0.2, 0) is 9.53 Å². The van der Waals surface area contributed by atoms with Gasteiger partial charge in [0.05, 0.1) is 0 Å². The Kier molecular flexibility index (Phi) is 8.16. The lowest BCUT2D eigenvalue weighted by Gasteiger charge is -2.20. The number of hydrogen-bond acceptors (Lipinski definition) is 3. The Morgan fingerprint density at radius 3 is 2.00 bits per heavy atom. The van der Waals surface area contributed by atoms with Crippen molar-refractivity contribution < 1.29 is 14.6 Å². The molecule has 0 bridgehead atoms. The average molecular weight is 341 g/mol. The van der Waals surface area contributed by atoms with E-state index < -0.39 is 5.97 Å². The zero-order valence-corrected chi connectivity index (χ0v) is 14.8. The summed E-state index contributed by atoms with van der Waals surface area (Å²) in [5, 5.41) is 8.68. The molecular weight excluding hydrogens is 314 g/mol. The quantitative estimate of drug-likeness (QED) is 0.628. The second-order valence-electron chi connectivity index (χ2n) is 6.23. The highest BCUT2D eigenvalue weighted by atomic mass is 16.5. The molecule has 4 nitrogen and oxygen atoms in total. The largest absolute Gasteiger partial charge is 0.481 e. The average Bonchev–Trinajstić information content (AvgIpc) is 2.63. The number of rotatable bonds is 11. The predicted octanol–water partition coefficient (Wildman–Crippen LogP) is 3.98. The molecule has 1 N–H and O–H groups in total. The summed E-state index contributed by atoms with van der Waals surface area (Å²) in [5.74, 6) is -0.731. The standard InChI is InChI=1S/C21H27NO3/c1-22(15-8-14-20(23)24)16-9-17-25-21(18-10-4-2-5-11-18)19-12-6-3-7-13-19/h2-7,10-13,21H,8-9,14-17H2,1H3,(H,23,24). The first-order chi connectivity index (χ1) is 12.2. The monoisotopic (exact) mass is 341 g/mol. The fourth-order valence-corrected chi connectivity index (χ4v) is 2.79. The smallest absolute Gasteiger partial charge is 0.303 e. The molecule has 2 aromatic rings. The number of hydrogen-bond donors (Lipinski definition) is 1. The van der Waals surface area contributed by atoms with Gasteiger partial charge >= 0.3 is 5.97 Å². The van der Waals surface area contributed by atoms with Crippen LogP contribution in [0.4, 0.5) is 0 Å². The molecule has 134 valence electrons. The molecule has 0 saturated carbocycles. The van der Waals surface area contributed by atoms with Crippen LogP contribution >= 0.6 is 0 Å². The molecule has 0 unspecified atom stereocenters. The maximum atomic E-state index is 10.5. The van der Waals surface area contributed by atoms with Crippen molar-refractivity contribution in [2.75, 3.05) is 26.7 Å². The molecule has 0 fully saturated rings. The Balaban J connectivity index is 1.82. The van der Waals surface area contributed by atoms with Gasteiger partial charge in [-0.25, -0.2) is 0 Å². The summed E-state index contributed by atoms with van der Waals surface area (Å²) in [6.07, 6.45) is 1.77. The minimum Gasteiger partial charge on any atom is -0.481 e. The van der Waals surface area contributed by atoms with Crippen LogP contribution in [0, 0.1) is 0 Å². The normalized spacial score (nSPS) is 11.2. The summed E-state index contributed by atoms with van der Waals surface area (Å²) in [7, 11) is 2.02. The van der Waals surface area contributed by atoms with E-state index in [2.05, 4.69) is 29.2 Å². The topological polar surface area (TPSA) is 49.8 Å². The van der Waals surface area contributed by atoms with E-state index in [1.54, 1.807) is 0 Å². The third kappa shape index (κ3) is 7.08. The van der Waals surface area contributed by atoms with E-state index in [0.29, 0.717) is 13.0 Å². The fourth-order valence-electron chi connectivity index (χ4n) is 2.79. The number of carboxylic acid groups (broad SMARTS) is 1. The number of benzene rings is 2. The van der Waals surface area contributed by atoms with E-state index >= 15 is 0 Å². The van der Waals surface area contributed by atoms with Crippen molar-refractivity contribution in [1.29, 1.82) is 0 Å². The number of carbonyl (C=O) groups is 1. The molecule has 0 amide bonds. The van der Waals surface area contributed by atoms with Crippen LogP contribution in [0.2, 0.25) is 0 Å². The molecule has 0 aliphatic carbocycles. The number of aliphatic carboxylic acids is 1. The van der Waals surface area contributed by atoms with Crippen molar-refractivity contribution in [3.8, 4) is 0 Å². The van der Waals surface area contributed by atoms with Crippen molar-refractivity contribution in [3.63, 3.8) is 0 Å². The molecule has 0 radical (unpaired) electrons. The lowest BCUT2D eigenvalue weighted by atomic mass is 10.0. The third-order valence-electron chi connectivity index (χ3n) is 4.10. The van der Waals surface area contributed by atoms with Crippen LogP contribution in [0.15, 0.2) is 60.7 Å². The summed E-state index contributed by atoms with van der Waals surface area (Å²) in [6.45, 7) is 2.36. The first kappa shape index (κ1) is 19.2. The Bertz CT molecular complexity index is 576. The summed E-state index contributed by atoms with van der Waals surface area (Å²) in [5.41, 5.74) is 2.31. The van der Waals surface area contributed by atoms with Crippen molar-refractivity contribution in [2.24, 2.45) is 0 Å². The maximum Gasteiger partial charge on any atom is 0.303 e. The summed E-state index contributed by atoms with van der Waals surface area (Å²) in [6, 6.07) is 20.5. The van der Waals surface area contributed by atoms with E-state index in [4.69, 9.17) is 9.84 Å². The highest BCUT2D eigenvalue weighted by Gasteiger charge is 2.14. The van der Waals surface area contributed by atoms with Crippen molar-refractivity contribution in [1.82, 2.24) is 4.90 Å². The zero-order valence-electron chi connectivity index (χ0n) is 14.8. The highest BCUT2D eigenvalue weighted by Crippen LogP contribution is 2.25. The van der Waals surface area contributed by atoms with Gasteiger partial charge in [0.1, 0.15) is 6.10 Å². The first-order valence-corrected chi connectivity index (χ1v) is 8.78. The first-order valence-electron chi connectivity index (χ1n) is 8.78. The van der Waals surface area contributed by atoms with Gasteiger partial charge < -0.3 is 14.7 Å². The maximum absolute atomic E-state index is 10.5. The molecule has 25 heavy (non-hydrogen) atoms. The van der Waals surface area contributed by atoms with Gasteiger partial charge in [0, 0.05) is 19.6 Å². The second-order valence-corrected chi connectivity index (χ2v) is 6.23. The highest BCUT2D eigenvalue weighted by molar-refractivity contribution is 5.66. The molecule has 0 aromatic heterocycles. The van der Waals surface area contributed by atoms with E-state index in [1.807, 2.05) is 43.4 Å². The van der Waals surface area contributed by atoms with Crippen LogP contribution in [0.3, 0.4) is 0 Å². The van der Waals surface area contributed by atoms with Crippen LogP contribution in [0.5, 0.6) is 0 Å². The Morgan fingerprint density at radius 1 is 0.960 bits per heavy atom. The lowest BCUT2D eigenvalue weighted by molar-refractivity contribution is -0.137. The van der Waals surface area contributed by atoms with Gasteiger partial charge in [-0.1, -0.05) is 60.7 Å². The molecule has 0 spiro atoms. The van der Waals surface area contributed by atoms with Crippen molar-refractivity contribution in [2.45, 2.75) is 25.4 Å². The van der Waals surface area contributed by atoms with Gasteiger partial charge in [0.15, 0.2) is 0 Å². The van der Waals surface area contributed by atoms with Gasteiger partial charge in [0.2, 0.25) is 0 Å². The molecule has 2 aromatic carbocycles. The Morgan fingerprint density at radius 2 is 1.48 bits per heavy atom. The molecule has 0 heterocycles. The minimum atomic E-state index is -0.731. The fraction of sp³-hybridized carbons (Fsp3) is 0.381. The van der Waals surface area contributed by atoms with Crippen LogP contribution in [-0.4, -0.2) is 42.7 Å². The molecule has 0 aliphatic rings. The van der Waals surface area contributed by atoms with Gasteiger partial charge in [-0.3, -0.25) is 4.79 Å². The number of ether oxygens (including phenoxy) is 1. The van der Waals surface area contributed by atoms with Crippen molar-refractivity contribution in [3.05, 3.63) is 71.8 Å². The van der Waals surface area contributed by atoms with Crippen LogP contribution in [0.1, 0.15) is 36.5 Å². The van der Waals surface area contributed by atoms with E-state index in [9.17, 15) is 4.79 Å². The molecule has 4 heteroatoms. The van der Waals surface area contributed by atoms with Crippen molar-refractivity contribution >= 4 is 5.97 Å². The molecular formula is C21H27NO3. The van der Waals surface area contributed by atoms with E-state index in [1.165, 1.54) is 0 Å². The third-order valence-corrected chi connectivity index (χ3v) is 4.10. The summed E-state index contributed by atoms with van der Waals surface area (Å²) >= 11 is 0. The summed E-state index contributed by atoms with van der Waals surface area (Å²) in [4.78, 5) is 12.7. The van der Waals surface area contributed by atoms with Gasteiger partial charge in [-0.2, -0.15) is 0 Å². The van der Waals surface area contributed by atoms with Crippen LogP contribution < -0.4 is 0 Å². The molecule has 2 rings (SSSR count). The van der Waals surface area contributed by atoms with Gasteiger partial charge in [-0.15, -0.1) is 0 Å². The van der Waals surface area contributed by atoms with Crippen LogP contribution in [0.25, 0.3) is 0 Å². The number of carboxylic acids is 1. The molecule has 0 saturated heterocycles. The zero-order chi connectivity index (χ0) is 17.9. The SMILES string of the molecule is CN(CCCOC(c1ccccc1)c1ccccc1)CCCC(=O)O. The minimum absolute atomic E-state index is 0.0558. The Labute approximate surface area is 150 Å². The second kappa shape index (κ2) is 10.6. The number of nitrogens with zero attached hydrogens (tertiary/aromatic N) is 1. The van der Waals surface area contributed by atoms with Gasteiger partial charge in [0.25, 0.3) is 0 Å². The van der Waals surface area contributed by atoms with E-state index in [0.717, 1.165) is 30.6 Å². The summed E-state index contributed by atoms with van der Waals surface area (Å²) < 4.78 is 6.19. The Hall–Kier alpha value is -2.17. The predicted molar refractivity (Wildman–Crippen MR) is 99.7 cm³/mol. The van der Waals surface area contributed by atoms with E-state index in [-0.39, 0.29) is 12.5 Å². The molecule has 0 atom stereocenters. The molecule has 0 aliphatic heterocycles. The van der Waals surface area contributed by atoms with Gasteiger partial charge in [-0.05, 0) is 37.6 Å². The lowest BCUT2D eigenvalue weighted by Crippen LogP contribution is -2.23.